The lowest BCUT2D eigenvalue weighted by atomic mass is 10.1. The zero-order valence-corrected chi connectivity index (χ0v) is 14.9. The van der Waals surface area contributed by atoms with Crippen LogP contribution in [0.3, 0.4) is 0 Å². The number of hydrogen-bond acceptors (Lipinski definition) is 2. The van der Waals surface area contributed by atoms with Gasteiger partial charge in [-0.15, -0.1) is 0 Å². The number of aryl methyl sites for hydroxylation is 1. The van der Waals surface area contributed by atoms with Crippen LogP contribution in [0.25, 0.3) is 0 Å². The lowest BCUT2D eigenvalue weighted by Gasteiger charge is -2.09. The molecule has 0 aliphatic heterocycles. The van der Waals surface area contributed by atoms with Crippen molar-refractivity contribution in [2.75, 3.05) is 10.6 Å². The van der Waals surface area contributed by atoms with Gasteiger partial charge >= 0.3 is 0 Å². The van der Waals surface area contributed by atoms with E-state index in [1.54, 1.807) is 24.3 Å². The predicted molar refractivity (Wildman–Crippen MR) is 99.6 cm³/mol. The Labute approximate surface area is 148 Å². The topological polar surface area (TPSA) is 58.2 Å². The summed E-state index contributed by atoms with van der Waals surface area (Å²) in [6, 6.07) is 12.8. The summed E-state index contributed by atoms with van der Waals surface area (Å²) in [5.41, 5.74) is 3.12. The first-order valence-corrected chi connectivity index (χ1v) is 8.59. The fraction of sp³-hybridized carbons (Fsp3) is 0.222. The second kappa shape index (κ2) is 6.70. The van der Waals surface area contributed by atoms with Crippen molar-refractivity contribution in [3.63, 3.8) is 0 Å². The largest absolute Gasteiger partial charge is 0.326 e. The van der Waals surface area contributed by atoms with Gasteiger partial charge in [0.25, 0.3) is 5.91 Å². The van der Waals surface area contributed by atoms with Gasteiger partial charge in [-0.3, -0.25) is 9.59 Å². The van der Waals surface area contributed by atoms with Crippen molar-refractivity contribution >= 4 is 45.8 Å². The Kier molecular flexibility index (Phi) is 4.66. The number of rotatable bonds is 4. The summed E-state index contributed by atoms with van der Waals surface area (Å²) in [4.78, 5) is 24.0. The van der Waals surface area contributed by atoms with Crippen LogP contribution in [0.15, 0.2) is 42.5 Å². The molecule has 0 heterocycles. The lowest BCUT2D eigenvalue weighted by molar-refractivity contribution is -0.117. The number of nitrogens with one attached hydrogen (secondary N) is 2. The average molecular weight is 420 g/mol. The molecule has 1 aliphatic rings. The first kappa shape index (κ1) is 16.0. The maximum atomic E-state index is 12.3. The van der Waals surface area contributed by atoms with Gasteiger partial charge < -0.3 is 10.6 Å². The number of carbonyl (C=O) groups excluding carboxylic acids is 2. The third-order valence-electron chi connectivity index (χ3n) is 3.80. The Balaban J connectivity index is 1.66. The van der Waals surface area contributed by atoms with Crippen molar-refractivity contribution in [3.05, 3.63) is 57.2 Å². The zero-order valence-electron chi connectivity index (χ0n) is 12.7. The number of hydrogen-bond donors (Lipinski definition) is 2. The van der Waals surface area contributed by atoms with E-state index in [4.69, 9.17) is 0 Å². The molecule has 1 saturated carbocycles. The highest BCUT2D eigenvalue weighted by atomic mass is 127. The number of carbonyl (C=O) groups is 2. The first-order valence-electron chi connectivity index (χ1n) is 7.51. The second-order valence-corrected chi connectivity index (χ2v) is 7.00. The van der Waals surface area contributed by atoms with E-state index in [0.29, 0.717) is 5.56 Å². The van der Waals surface area contributed by atoms with Gasteiger partial charge in [0.1, 0.15) is 0 Å². The third-order valence-corrected chi connectivity index (χ3v) is 4.47. The van der Waals surface area contributed by atoms with Gasteiger partial charge in [-0.1, -0.05) is 0 Å². The smallest absolute Gasteiger partial charge is 0.255 e. The maximum Gasteiger partial charge on any atom is 0.255 e. The van der Waals surface area contributed by atoms with Gasteiger partial charge in [-0.2, -0.15) is 0 Å². The van der Waals surface area contributed by atoms with E-state index >= 15 is 0 Å². The van der Waals surface area contributed by atoms with Gasteiger partial charge in [0.05, 0.1) is 0 Å². The highest BCUT2D eigenvalue weighted by molar-refractivity contribution is 14.1. The summed E-state index contributed by atoms with van der Waals surface area (Å²) >= 11 is 2.24. The molecule has 0 aromatic heterocycles. The van der Waals surface area contributed by atoms with E-state index in [2.05, 4.69) is 33.2 Å². The monoisotopic (exact) mass is 420 g/mol. The molecule has 2 amide bonds. The number of anilines is 2. The standard InChI is InChI=1S/C18H17IN2O2/c1-11-10-14(19)6-9-16(11)21-18(23)13-4-7-15(8-5-13)20-17(22)12-2-3-12/h4-10,12H,2-3H2,1H3,(H,20,22)(H,21,23). The molecule has 1 fully saturated rings. The van der Waals surface area contributed by atoms with E-state index in [1.165, 1.54) is 0 Å². The summed E-state index contributed by atoms with van der Waals surface area (Å²) in [6.45, 7) is 1.97. The van der Waals surface area contributed by atoms with Crippen LogP contribution in [0.1, 0.15) is 28.8 Å². The van der Waals surface area contributed by atoms with Gasteiger partial charge in [-0.05, 0) is 90.4 Å². The summed E-state index contributed by atoms with van der Waals surface area (Å²) in [6.07, 6.45) is 1.95. The fourth-order valence-corrected chi connectivity index (χ4v) is 2.90. The Morgan fingerprint density at radius 2 is 1.74 bits per heavy atom. The van der Waals surface area contributed by atoms with Crippen LogP contribution >= 0.6 is 22.6 Å². The van der Waals surface area contributed by atoms with Gasteiger partial charge in [0.2, 0.25) is 5.91 Å². The number of benzene rings is 2. The Morgan fingerprint density at radius 1 is 1.04 bits per heavy atom. The Morgan fingerprint density at radius 3 is 2.35 bits per heavy atom. The third kappa shape index (κ3) is 4.10. The molecule has 0 spiro atoms. The molecule has 3 rings (SSSR count). The SMILES string of the molecule is Cc1cc(I)ccc1NC(=O)c1ccc(NC(=O)C2CC2)cc1. The van der Waals surface area contributed by atoms with Crippen molar-refractivity contribution in [1.29, 1.82) is 0 Å². The first-order chi connectivity index (χ1) is 11.0. The van der Waals surface area contributed by atoms with Crippen LogP contribution in [0.5, 0.6) is 0 Å². The van der Waals surface area contributed by atoms with Gasteiger partial charge in [-0.25, -0.2) is 0 Å². The molecule has 0 radical (unpaired) electrons. The molecule has 0 atom stereocenters. The van der Waals surface area contributed by atoms with Crippen LogP contribution in [0, 0.1) is 16.4 Å². The van der Waals surface area contributed by atoms with Crippen LogP contribution in [0.4, 0.5) is 11.4 Å². The fourth-order valence-electron chi connectivity index (χ4n) is 2.26. The number of amides is 2. The molecular formula is C18H17IN2O2. The van der Waals surface area contributed by atoms with E-state index in [1.807, 2.05) is 25.1 Å². The lowest BCUT2D eigenvalue weighted by Crippen LogP contribution is -2.15. The summed E-state index contributed by atoms with van der Waals surface area (Å²) in [7, 11) is 0. The van der Waals surface area contributed by atoms with Crippen LogP contribution < -0.4 is 10.6 Å². The molecule has 118 valence electrons. The minimum atomic E-state index is -0.158. The maximum absolute atomic E-state index is 12.3. The van der Waals surface area contributed by atoms with Crippen molar-refractivity contribution < 1.29 is 9.59 Å². The molecule has 2 aromatic carbocycles. The summed E-state index contributed by atoms with van der Waals surface area (Å²) < 4.78 is 1.13. The number of halogens is 1. The van der Waals surface area contributed by atoms with Crippen LogP contribution in [-0.4, -0.2) is 11.8 Å². The Hall–Kier alpha value is -1.89. The van der Waals surface area contributed by atoms with Crippen molar-refractivity contribution in [2.45, 2.75) is 19.8 Å². The highest BCUT2D eigenvalue weighted by Crippen LogP contribution is 2.30. The Bertz CT molecular complexity index is 752. The molecule has 0 saturated heterocycles. The van der Waals surface area contributed by atoms with E-state index in [-0.39, 0.29) is 17.7 Å². The quantitative estimate of drug-likeness (QED) is 0.729. The molecule has 0 unspecified atom stereocenters. The van der Waals surface area contributed by atoms with Crippen molar-refractivity contribution in [3.8, 4) is 0 Å². The molecule has 2 aromatic rings. The van der Waals surface area contributed by atoms with Gasteiger partial charge in [0, 0.05) is 26.4 Å². The van der Waals surface area contributed by atoms with E-state index in [0.717, 1.165) is 33.4 Å². The molecule has 5 heteroatoms. The van der Waals surface area contributed by atoms with Crippen LogP contribution in [-0.2, 0) is 4.79 Å². The summed E-state index contributed by atoms with van der Waals surface area (Å²) in [5.74, 6) is 0.0768. The minimum Gasteiger partial charge on any atom is -0.326 e. The van der Waals surface area contributed by atoms with Crippen LogP contribution in [0.2, 0.25) is 0 Å². The second-order valence-electron chi connectivity index (χ2n) is 5.75. The molecule has 4 nitrogen and oxygen atoms in total. The van der Waals surface area contributed by atoms with E-state index < -0.39 is 0 Å². The predicted octanol–water partition coefficient (Wildman–Crippen LogP) is 4.20. The highest BCUT2D eigenvalue weighted by Gasteiger charge is 2.29. The normalized spacial score (nSPS) is 13.5. The molecule has 23 heavy (non-hydrogen) atoms. The molecular weight excluding hydrogens is 403 g/mol. The molecule has 1 aliphatic carbocycles. The summed E-state index contributed by atoms with van der Waals surface area (Å²) in [5, 5.41) is 5.78. The molecule has 0 bridgehead atoms. The minimum absolute atomic E-state index is 0.0664. The van der Waals surface area contributed by atoms with Crippen molar-refractivity contribution in [1.82, 2.24) is 0 Å². The van der Waals surface area contributed by atoms with Crippen molar-refractivity contribution in [2.24, 2.45) is 5.92 Å². The van der Waals surface area contributed by atoms with Gasteiger partial charge in [0.15, 0.2) is 0 Å². The zero-order chi connectivity index (χ0) is 16.4. The average Bonchev–Trinajstić information content (AvgIpc) is 3.35. The van der Waals surface area contributed by atoms with E-state index in [9.17, 15) is 9.59 Å². The molecule has 2 N–H and O–H groups in total.